The molecule has 0 aromatic heterocycles. The molecule has 134 valence electrons. The van der Waals surface area contributed by atoms with Gasteiger partial charge in [-0.15, -0.1) is 0 Å². The van der Waals surface area contributed by atoms with Gasteiger partial charge in [0, 0.05) is 38.3 Å². The van der Waals surface area contributed by atoms with E-state index in [0.717, 1.165) is 6.07 Å². The third-order valence-electron chi connectivity index (χ3n) is 4.12. The summed E-state index contributed by atoms with van der Waals surface area (Å²) in [6, 6.07) is 2.30. The third-order valence-corrected chi connectivity index (χ3v) is 4.12. The van der Waals surface area contributed by atoms with Crippen LogP contribution in [0.3, 0.4) is 0 Å². The summed E-state index contributed by atoms with van der Waals surface area (Å²) in [7, 11) is 0. The van der Waals surface area contributed by atoms with E-state index in [9.17, 15) is 27.5 Å². The van der Waals surface area contributed by atoms with Gasteiger partial charge in [0.15, 0.2) is 0 Å². The maximum Gasteiger partial charge on any atom is 0.419 e. The lowest BCUT2D eigenvalue weighted by molar-refractivity contribution is -0.140. The Hall–Kier alpha value is -1.67. The van der Waals surface area contributed by atoms with Crippen molar-refractivity contribution in [3.8, 4) is 0 Å². The maximum atomic E-state index is 13.3. The topological polar surface area (TPSA) is 43.8 Å². The number of piperazine rings is 1. The number of aliphatic hydroxyl groups is 1. The van der Waals surface area contributed by atoms with Gasteiger partial charge in [-0.2, -0.15) is 13.2 Å². The Morgan fingerprint density at radius 2 is 1.88 bits per heavy atom. The summed E-state index contributed by atoms with van der Waals surface area (Å²) in [6.45, 7) is 4.17. The number of carbonyl (C=O) groups excluding carboxylic acids is 1. The molecule has 1 amide bonds. The Bertz CT molecular complexity index is 584. The number of amides is 1. The van der Waals surface area contributed by atoms with E-state index in [2.05, 4.69) is 0 Å². The molecule has 1 unspecified atom stereocenters. The molecule has 0 radical (unpaired) electrons. The van der Waals surface area contributed by atoms with E-state index >= 15 is 0 Å². The van der Waals surface area contributed by atoms with Crippen LogP contribution in [0, 0.1) is 5.82 Å². The number of rotatable bonds is 4. The second-order valence-electron chi connectivity index (χ2n) is 5.85. The highest BCUT2D eigenvalue weighted by atomic mass is 19.4. The van der Waals surface area contributed by atoms with Gasteiger partial charge >= 0.3 is 6.18 Å². The highest BCUT2D eigenvalue weighted by Gasteiger charge is 2.35. The van der Waals surface area contributed by atoms with Crippen LogP contribution >= 0.6 is 0 Å². The van der Waals surface area contributed by atoms with Crippen molar-refractivity contribution in [1.29, 1.82) is 0 Å². The number of hydrogen-bond acceptors (Lipinski definition) is 3. The third kappa shape index (κ3) is 4.45. The normalized spacial score (nSPS) is 17.8. The number of aliphatic hydroxyl groups excluding tert-OH is 1. The smallest absolute Gasteiger partial charge is 0.392 e. The first-order valence-corrected chi connectivity index (χ1v) is 7.78. The zero-order valence-electron chi connectivity index (χ0n) is 13.3. The molecule has 2 rings (SSSR count). The lowest BCUT2D eigenvalue weighted by atomic mass is 10.1. The summed E-state index contributed by atoms with van der Waals surface area (Å²) in [6.07, 6.45) is -4.64. The number of benzene rings is 1. The Labute approximate surface area is 137 Å². The molecule has 1 N–H and O–H groups in total. The van der Waals surface area contributed by atoms with Gasteiger partial charge in [-0.05, 0) is 24.6 Å². The standard InChI is InChI=1S/C16H20F4N2O2/c1-2-12(23)10-21-5-7-22(8-6-21)15(24)11-3-4-14(17)13(9-11)16(18,19)20/h3-4,9,12,23H,2,5-8,10H2,1H3. The molecule has 0 spiro atoms. The minimum Gasteiger partial charge on any atom is -0.392 e. The van der Waals surface area contributed by atoms with Gasteiger partial charge in [-0.3, -0.25) is 9.69 Å². The highest BCUT2D eigenvalue weighted by Crippen LogP contribution is 2.32. The first-order valence-electron chi connectivity index (χ1n) is 7.78. The van der Waals surface area contributed by atoms with Crippen LogP contribution in [-0.4, -0.2) is 59.6 Å². The Morgan fingerprint density at radius 3 is 2.42 bits per heavy atom. The number of carbonyl (C=O) groups is 1. The molecule has 0 saturated carbocycles. The summed E-state index contributed by atoms with van der Waals surface area (Å²) in [5.74, 6) is -1.94. The van der Waals surface area contributed by atoms with Crippen LogP contribution in [0.25, 0.3) is 0 Å². The van der Waals surface area contributed by atoms with E-state index in [1.807, 2.05) is 11.8 Å². The van der Waals surface area contributed by atoms with Crippen molar-refractivity contribution in [3.05, 3.63) is 35.1 Å². The molecule has 1 aliphatic rings. The summed E-state index contributed by atoms with van der Waals surface area (Å²) in [5, 5.41) is 9.63. The first kappa shape index (κ1) is 18.7. The molecule has 24 heavy (non-hydrogen) atoms. The van der Waals surface area contributed by atoms with Crippen LogP contribution in [0.15, 0.2) is 18.2 Å². The Balaban J connectivity index is 2.03. The van der Waals surface area contributed by atoms with E-state index < -0.39 is 29.6 Å². The summed E-state index contributed by atoms with van der Waals surface area (Å²) in [5.41, 5.74) is -1.61. The fourth-order valence-electron chi connectivity index (χ4n) is 2.62. The second-order valence-corrected chi connectivity index (χ2v) is 5.85. The molecule has 1 aromatic carbocycles. The van der Waals surface area contributed by atoms with Crippen molar-refractivity contribution in [3.63, 3.8) is 0 Å². The van der Waals surface area contributed by atoms with Crippen molar-refractivity contribution in [2.24, 2.45) is 0 Å². The molecule has 8 heteroatoms. The van der Waals surface area contributed by atoms with Crippen molar-refractivity contribution in [2.45, 2.75) is 25.6 Å². The summed E-state index contributed by atoms with van der Waals surface area (Å²) < 4.78 is 51.5. The zero-order chi connectivity index (χ0) is 17.9. The predicted molar refractivity (Wildman–Crippen MR) is 80.0 cm³/mol. The van der Waals surface area contributed by atoms with Crippen LogP contribution in [0.1, 0.15) is 29.3 Å². The van der Waals surface area contributed by atoms with Gasteiger partial charge in [-0.1, -0.05) is 6.92 Å². The fourth-order valence-corrected chi connectivity index (χ4v) is 2.62. The Kier molecular flexibility index (Phi) is 5.82. The van der Waals surface area contributed by atoms with E-state index in [4.69, 9.17) is 0 Å². The number of halogens is 4. The molecule has 1 atom stereocenters. The molecule has 0 aliphatic carbocycles. The molecule has 1 aliphatic heterocycles. The number of hydrogen-bond donors (Lipinski definition) is 1. The van der Waals surface area contributed by atoms with Gasteiger partial charge in [-0.25, -0.2) is 4.39 Å². The number of β-amino-alcohol motifs (C(OH)–C–C–N with tert-alkyl or cyclic N) is 1. The second kappa shape index (κ2) is 7.48. The van der Waals surface area contributed by atoms with Crippen molar-refractivity contribution in [2.75, 3.05) is 32.7 Å². The molecule has 1 aromatic rings. The SMILES string of the molecule is CCC(O)CN1CCN(C(=O)c2ccc(F)c(C(F)(F)F)c2)CC1. The number of nitrogens with zero attached hydrogens (tertiary/aromatic N) is 2. The van der Waals surface area contributed by atoms with Crippen molar-refractivity contribution >= 4 is 5.91 Å². The molecule has 1 saturated heterocycles. The molecular weight excluding hydrogens is 328 g/mol. The van der Waals surface area contributed by atoms with Gasteiger partial charge < -0.3 is 10.0 Å². The highest BCUT2D eigenvalue weighted by molar-refractivity contribution is 5.94. The monoisotopic (exact) mass is 348 g/mol. The van der Waals surface area contributed by atoms with Gasteiger partial charge in [0.25, 0.3) is 5.91 Å². The van der Waals surface area contributed by atoms with Gasteiger partial charge in [0.2, 0.25) is 0 Å². The summed E-state index contributed by atoms with van der Waals surface area (Å²) in [4.78, 5) is 15.8. The van der Waals surface area contributed by atoms with E-state index in [-0.39, 0.29) is 5.56 Å². The van der Waals surface area contributed by atoms with Gasteiger partial charge in [0.1, 0.15) is 5.82 Å². The van der Waals surface area contributed by atoms with Crippen LogP contribution in [0.4, 0.5) is 17.6 Å². The van der Waals surface area contributed by atoms with Crippen molar-refractivity contribution < 1.29 is 27.5 Å². The lowest BCUT2D eigenvalue weighted by Crippen LogP contribution is -2.50. The fraction of sp³-hybridized carbons (Fsp3) is 0.562. The number of alkyl halides is 3. The molecule has 1 heterocycles. The average Bonchev–Trinajstić information content (AvgIpc) is 2.54. The first-order chi connectivity index (χ1) is 11.2. The molecule has 4 nitrogen and oxygen atoms in total. The van der Waals surface area contributed by atoms with Gasteiger partial charge in [0.05, 0.1) is 11.7 Å². The van der Waals surface area contributed by atoms with Crippen LogP contribution < -0.4 is 0 Å². The zero-order valence-corrected chi connectivity index (χ0v) is 13.3. The minimum absolute atomic E-state index is 0.175. The minimum atomic E-state index is -4.84. The van der Waals surface area contributed by atoms with Crippen LogP contribution in [0.2, 0.25) is 0 Å². The predicted octanol–water partition coefficient (Wildman–Crippen LogP) is 2.37. The molecule has 1 fully saturated rings. The largest absolute Gasteiger partial charge is 0.419 e. The van der Waals surface area contributed by atoms with E-state index in [0.29, 0.717) is 51.3 Å². The summed E-state index contributed by atoms with van der Waals surface area (Å²) >= 11 is 0. The van der Waals surface area contributed by atoms with Crippen LogP contribution in [-0.2, 0) is 6.18 Å². The maximum absolute atomic E-state index is 13.3. The Morgan fingerprint density at radius 1 is 1.25 bits per heavy atom. The van der Waals surface area contributed by atoms with E-state index in [1.165, 1.54) is 4.90 Å². The van der Waals surface area contributed by atoms with E-state index in [1.54, 1.807) is 0 Å². The van der Waals surface area contributed by atoms with Crippen LogP contribution in [0.5, 0.6) is 0 Å². The lowest BCUT2D eigenvalue weighted by Gasteiger charge is -2.35. The average molecular weight is 348 g/mol. The quantitative estimate of drug-likeness (QED) is 0.850. The van der Waals surface area contributed by atoms with Crippen molar-refractivity contribution in [1.82, 2.24) is 9.80 Å². The molecule has 0 bridgehead atoms. The molecular formula is C16H20F4N2O2.